The van der Waals surface area contributed by atoms with Crippen LogP contribution in [0.1, 0.15) is 21.5 Å². The first kappa shape index (κ1) is 25.4. The highest BCUT2D eigenvalue weighted by molar-refractivity contribution is 6.34. The number of rotatable bonds is 9. The highest BCUT2D eigenvalue weighted by Crippen LogP contribution is 2.28. The van der Waals surface area contributed by atoms with E-state index >= 15 is 0 Å². The molecule has 7 nitrogen and oxygen atoms in total. The molecule has 0 fully saturated rings. The summed E-state index contributed by atoms with van der Waals surface area (Å²) in [5.41, 5.74) is 0.133. The average molecular weight is 512 g/mol. The molecule has 0 bridgehead atoms. The summed E-state index contributed by atoms with van der Waals surface area (Å²) >= 11 is 6.09. The molecule has 2 N–H and O–H groups in total. The molecule has 4 aromatic rings. The van der Waals surface area contributed by atoms with Crippen molar-refractivity contribution in [2.75, 3.05) is 18.9 Å². The van der Waals surface area contributed by atoms with Crippen LogP contribution in [0.2, 0.25) is 5.02 Å². The zero-order valence-electron chi connectivity index (χ0n) is 19.4. The van der Waals surface area contributed by atoms with Crippen molar-refractivity contribution in [3.63, 3.8) is 0 Å². The molecular formula is C26H24ClF2N5O2. The van der Waals surface area contributed by atoms with E-state index in [4.69, 9.17) is 11.6 Å². The van der Waals surface area contributed by atoms with Gasteiger partial charge in [0.1, 0.15) is 29.9 Å². The van der Waals surface area contributed by atoms with Gasteiger partial charge in [0.05, 0.1) is 17.1 Å². The standard InChI is InChI=1S/C26H24ClF2N5O2/c1-33(13-18-6-9-20(10-7-18)32-25(35)21-4-2-3-5-23(21)27)14-26(36,15-34-17-30-16-31-34)22-11-8-19(28)12-24(22)29/h2-12,16-17,36H,13-15H2,1H3,(H,32,35). The molecule has 0 aliphatic rings. The topological polar surface area (TPSA) is 83.3 Å². The number of carbonyl (C=O) groups is 1. The quantitative estimate of drug-likeness (QED) is 0.346. The van der Waals surface area contributed by atoms with Crippen molar-refractivity contribution < 1.29 is 18.7 Å². The van der Waals surface area contributed by atoms with E-state index in [9.17, 15) is 18.7 Å². The number of likely N-dealkylation sites (N-methyl/N-ethyl adjacent to an activating group) is 1. The Kier molecular flexibility index (Phi) is 7.73. The molecule has 0 saturated heterocycles. The molecule has 3 aromatic carbocycles. The lowest BCUT2D eigenvalue weighted by Gasteiger charge is -2.33. The minimum atomic E-state index is -1.71. The maximum Gasteiger partial charge on any atom is 0.257 e. The van der Waals surface area contributed by atoms with Crippen LogP contribution in [-0.4, -0.2) is 44.3 Å². The van der Waals surface area contributed by atoms with Gasteiger partial charge in [-0.25, -0.2) is 18.4 Å². The molecule has 1 aromatic heterocycles. The summed E-state index contributed by atoms with van der Waals surface area (Å²) in [7, 11) is 1.78. The van der Waals surface area contributed by atoms with E-state index < -0.39 is 17.2 Å². The largest absolute Gasteiger partial charge is 0.382 e. The molecule has 0 spiro atoms. The molecule has 36 heavy (non-hydrogen) atoms. The number of aromatic nitrogens is 3. The van der Waals surface area contributed by atoms with Crippen LogP contribution in [0, 0.1) is 11.6 Å². The molecule has 1 amide bonds. The third-order valence-electron chi connectivity index (χ3n) is 5.64. The van der Waals surface area contributed by atoms with Crippen molar-refractivity contribution in [3.05, 3.63) is 113 Å². The molecule has 10 heteroatoms. The third-order valence-corrected chi connectivity index (χ3v) is 5.97. The second-order valence-corrected chi connectivity index (χ2v) is 8.96. The lowest BCUT2D eigenvalue weighted by molar-refractivity contribution is -0.0175. The Balaban J connectivity index is 1.45. The summed E-state index contributed by atoms with van der Waals surface area (Å²) in [5, 5.41) is 18.7. The molecule has 0 radical (unpaired) electrons. The van der Waals surface area contributed by atoms with Gasteiger partial charge in [-0.15, -0.1) is 0 Å². The van der Waals surface area contributed by atoms with E-state index in [-0.39, 0.29) is 24.6 Å². The smallest absolute Gasteiger partial charge is 0.257 e. The highest BCUT2D eigenvalue weighted by atomic mass is 35.5. The van der Waals surface area contributed by atoms with Gasteiger partial charge in [-0.1, -0.05) is 41.9 Å². The number of aliphatic hydroxyl groups is 1. The van der Waals surface area contributed by atoms with E-state index in [1.165, 1.54) is 23.4 Å². The third kappa shape index (κ3) is 6.12. The molecule has 186 valence electrons. The number of halogens is 3. The van der Waals surface area contributed by atoms with Crippen LogP contribution in [0.15, 0.2) is 79.4 Å². The Bertz CT molecular complexity index is 1330. The number of nitrogens with zero attached hydrogens (tertiary/aromatic N) is 4. The zero-order valence-corrected chi connectivity index (χ0v) is 20.2. The molecule has 4 rings (SSSR count). The predicted octanol–water partition coefficient (Wildman–Crippen LogP) is 4.48. The normalized spacial score (nSPS) is 12.9. The summed E-state index contributed by atoms with van der Waals surface area (Å²) in [4.78, 5) is 18.2. The van der Waals surface area contributed by atoms with Crippen molar-refractivity contribution in [2.45, 2.75) is 18.7 Å². The number of amides is 1. The van der Waals surface area contributed by atoms with Gasteiger partial charge in [0.25, 0.3) is 5.91 Å². The first-order chi connectivity index (χ1) is 17.2. The maximum atomic E-state index is 14.6. The van der Waals surface area contributed by atoms with Crippen LogP contribution < -0.4 is 5.32 Å². The van der Waals surface area contributed by atoms with Crippen molar-refractivity contribution in [3.8, 4) is 0 Å². The summed E-state index contributed by atoms with van der Waals surface area (Å²) < 4.78 is 29.5. The summed E-state index contributed by atoms with van der Waals surface area (Å²) in [6.45, 7) is 0.370. The Morgan fingerprint density at radius 3 is 2.56 bits per heavy atom. The fourth-order valence-electron chi connectivity index (χ4n) is 4.02. The van der Waals surface area contributed by atoms with Crippen LogP contribution in [0.25, 0.3) is 0 Å². The Labute approximate surface area is 212 Å². The molecular weight excluding hydrogens is 488 g/mol. The number of nitrogens with one attached hydrogen (secondary N) is 1. The Hall–Kier alpha value is -3.66. The molecule has 1 heterocycles. The highest BCUT2D eigenvalue weighted by Gasteiger charge is 2.34. The summed E-state index contributed by atoms with van der Waals surface area (Å²) in [6, 6.07) is 17.1. The fourth-order valence-corrected chi connectivity index (χ4v) is 4.24. The second kappa shape index (κ2) is 10.9. The van der Waals surface area contributed by atoms with Crippen LogP contribution >= 0.6 is 11.6 Å². The SMILES string of the molecule is CN(Cc1ccc(NC(=O)c2ccccc2Cl)cc1)CC(O)(Cn1cncn1)c1ccc(F)cc1F. The first-order valence-electron chi connectivity index (χ1n) is 11.1. The van der Waals surface area contributed by atoms with E-state index in [0.717, 1.165) is 17.7 Å². The summed E-state index contributed by atoms with van der Waals surface area (Å²) in [6.07, 6.45) is 2.74. The van der Waals surface area contributed by atoms with E-state index in [0.29, 0.717) is 22.8 Å². The number of benzene rings is 3. The lowest BCUT2D eigenvalue weighted by atomic mass is 9.92. The minimum absolute atomic E-state index is 0.0282. The van der Waals surface area contributed by atoms with Gasteiger partial charge in [0.2, 0.25) is 0 Å². The van der Waals surface area contributed by atoms with Crippen LogP contribution in [0.5, 0.6) is 0 Å². The van der Waals surface area contributed by atoms with Crippen molar-refractivity contribution in [2.24, 2.45) is 0 Å². The van der Waals surface area contributed by atoms with Gasteiger partial charge in [0, 0.05) is 30.4 Å². The van der Waals surface area contributed by atoms with Gasteiger partial charge < -0.3 is 10.4 Å². The minimum Gasteiger partial charge on any atom is -0.382 e. The van der Waals surface area contributed by atoms with Crippen molar-refractivity contribution >= 4 is 23.2 Å². The van der Waals surface area contributed by atoms with Crippen LogP contribution in [-0.2, 0) is 18.7 Å². The Morgan fingerprint density at radius 2 is 1.89 bits per heavy atom. The van der Waals surface area contributed by atoms with E-state index in [1.54, 1.807) is 43.4 Å². The molecule has 0 aliphatic heterocycles. The average Bonchev–Trinajstić information content (AvgIpc) is 3.33. The molecule has 0 aliphatic carbocycles. The lowest BCUT2D eigenvalue weighted by Crippen LogP contribution is -2.43. The number of carbonyl (C=O) groups excluding carboxylic acids is 1. The zero-order chi connectivity index (χ0) is 25.7. The van der Waals surface area contributed by atoms with Gasteiger partial charge in [-0.3, -0.25) is 9.69 Å². The monoisotopic (exact) mass is 511 g/mol. The summed E-state index contributed by atoms with van der Waals surface area (Å²) in [5.74, 6) is -1.89. The van der Waals surface area contributed by atoms with Gasteiger partial charge in [0.15, 0.2) is 0 Å². The second-order valence-electron chi connectivity index (χ2n) is 8.55. The van der Waals surface area contributed by atoms with Gasteiger partial charge in [-0.05, 0) is 42.9 Å². The molecule has 0 saturated carbocycles. The number of hydrogen-bond acceptors (Lipinski definition) is 5. The molecule has 1 unspecified atom stereocenters. The van der Waals surface area contributed by atoms with Gasteiger partial charge in [-0.2, -0.15) is 5.10 Å². The van der Waals surface area contributed by atoms with Crippen molar-refractivity contribution in [1.82, 2.24) is 19.7 Å². The number of anilines is 1. The number of hydrogen-bond donors (Lipinski definition) is 2. The van der Waals surface area contributed by atoms with Crippen LogP contribution in [0.3, 0.4) is 0 Å². The van der Waals surface area contributed by atoms with Crippen LogP contribution in [0.4, 0.5) is 14.5 Å². The van der Waals surface area contributed by atoms with E-state index in [1.807, 2.05) is 17.0 Å². The van der Waals surface area contributed by atoms with Gasteiger partial charge >= 0.3 is 0 Å². The van der Waals surface area contributed by atoms with Crippen molar-refractivity contribution in [1.29, 1.82) is 0 Å². The van der Waals surface area contributed by atoms with E-state index in [2.05, 4.69) is 15.4 Å². The molecule has 1 atom stereocenters. The maximum absolute atomic E-state index is 14.6. The first-order valence-corrected chi connectivity index (χ1v) is 11.4. The predicted molar refractivity (Wildman–Crippen MR) is 132 cm³/mol. The Morgan fingerprint density at radius 1 is 1.14 bits per heavy atom. The fraction of sp³-hybridized carbons (Fsp3) is 0.192.